The van der Waals surface area contributed by atoms with E-state index in [4.69, 9.17) is 5.11 Å². The highest BCUT2D eigenvalue weighted by Gasteiger charge is 2.23. The van der Waals surface area contributed by atoms with Crippen LogP contribution in [-0.2, 0) is 4.79 Å². The highest BCUT2D eigenvalue weighted by molar-refractivity contribution is 14.1. The Balaban J connectivity index is 2.60. The molecule has 0 aromatic heterocycles. The van der Waals surface area contributed by atoms with Gasteiger partial charge in [0.05, 0.1) is 0 Å². The van der Waals surface area contributed by atoms with Crippen LogP contribution < -0.4 is 10.6 Å². The van der Waals surface area contributed by atoms with Crippen molar-refractivity contribution in [3.63, 3.8) is 0 Å². The van der Waals surface area contributed by atoms with E-state index >= 15 is 0 Å². The van der Waals surface area contributed by atoms with Gasteiger partial charge in [-0.25, -0.2) is 9.59 Å². The predicted molar refractivity (Wildman–Crippen MR) is 77.6 cm³/mol. The minimum absolute atomic E-state index is 0.176. The Hall–Kier alpha value is -1.31. The molecule has 3 N–H and O–H groups in total. The van der Waals surface area contributed by atoms with Gasteiger partial charge in [-0.3, -0.25) is 0 Å². The van der Waals surface area contributed by atoms with Gasteiger partial charge in [0.25, 0.3) is 0 Å². The average Bonchev–Trinajstić information content (AvgIpc) is 2.28. The number of aliphatic carboxylic acids is 1. The van der Waals surface area contributed by atoms with Crippen LogP contribution in [0.1, 0.15) is 13.8 Å². The first-order valence-electron chi connectivity index (χ1n) is 5.46. The summed E-state index contributed by atoms with van der Waals surface area (Å²) in [6.45, 7) is 3.48. The molecule has 98 valence electrons. The number of hydrogen-bond donors (Lipinski definition) is 3. The maximum Gasteiger partial charge on any atom is 0.326 e. The molecule has 2 amide bonds. The number of carbonyl (C=O) groups excluding carboxylic acids is 1. The molecule has 0 saturated carbocycles. The van der Waals surface area contributed by atoms with Gasteiger partial charge in [-0.2, -0.15) is 0 Å². The third-order valence-corrected chi connectivity index (χ3v) is 3.04. The zero-order chi connectivity index (χ0) is 13.7. The number of urea groups is 1. The van der Waals surface area contributed by atoms with Crippen molar-refractivity contribution in [3.05, 3.63) is 27.8 Å². The second-order valence-corrected chi connectivity index (χ2v) is 5.41. The van der Waals surface area contributed by atoms with Crippen LogP contribution in [0.5, 0.6) is 0 Å². The topological polar surface area (TPSA) is 78.4 Å². The van der Waals surface area contributed by atoms with Crippen molar-refractivity contribution in [3.8, 4) is 0 Å². The van der Waals surface area contributed by atoms with Gasteiger partial charge in [0, 0.05) is 9.26 Å². The molecule has 1 aromatic carbocycles. The first-order valence-corrected chi connectivity index (χ1v) is 6.54. The Bertz CT molecular complexity index is 431. The van der Waals surface area contributed by atoms with Gasteiger partial charge in [0.1, 0.15) is 6.04 Å². The van der Waals surface area contributed by atoms with Crippen molar-refractivity contribution in [2.45, 2.75) is 19.9 Å². The maximum atomic E-state index is 11.6. The fraction of sp³-hybridized carbons (Fsp3) is 0.333. The smallest absolute Gasteiger partial charge is 0.326 e. The Labute approximate surface area is 119 Å². The van der Waals surface area contributed by atoms with Gasteiger partial charge in [0.2, 0.25) is 0 Å². The summed E-state index contributed by atoms with van der Waals surface area (Å²) in [5, 5.41) is 14.0. The van der Waals surface area contributed by atoms with Crippen LogP contribution in [0.15, 0.2) is 24.3 Å². The number of hydrogen-bond acceptors (Lipinski definition) is 2. The molecule has 0 aliphatic heterocycles. The molecule has 6 heteroatoms. The van der Waals surface area contributed by atoms with Crippen molar-refractivity contribution in [2.75, 3.05) is 5.32 Å². The number of rotatable bonds is 4. The van der Waals surface area contributed by atoms with Crippen molar-refractivity contribution in [2.24, 2.45) is 5.92 Å². The van der Waals surface area contributed by atoms with E-state index in [0.717, 1.165) is 3.57 Å². The van der Waals surface area contributed by atoms with Gasteiger partial charge in [0.15, 0.2) is 0 Å². The first kappa shape index (κ1) is 14.7. The number of benzene rings is 1. The minimum Gasteiger partial charge on any atom is -0.480 e. The first-order chi connectivity index (χ1) is 8.40. The summed E-state index contributed by atoms with van der Waals surface area (Å²) in [5.74, 6) is -1.22. The summed E-state index contributed by atoms with van der Waals surface area (Å²) < 4.78 is 1.06. The predicted octanol–water partition coefficient (Wildman–Crippen LogP) is 2.52. The third kappa shape index (κ3) is 4.52. The van der Waals surface area contributed by atoms with E-state index in [1.54, 1.807) is 26.0 Å². The highest BCUT2D eigenvalue weighted by Crippen LogP contribution is 2.11. The van der Waals surface area contributed by atoms with Crippen molar-refractivity contribution >= 4 is 40.3 Å². The number of carboxylic acid groups (broad SMARTS) is 1. The lowest BCUT2D eigenvalue weighted by Gasteiger charge is -2.18. The molecule has 0 saturated heterocycles. The molecule has 1 rings (SSSR count). The molecule has 1 aromatic rings. The molecular weight excluding hydrogens is 347 g/mol. The number of amides is 2. The van der Waals surface area contributed by atoms with E-state index in [1.807, 2.05) is 12.1 Å². The molecule has 1 atom stereocenters. The van der Waals surface area contributed by atoms with Crippen LogP contribution in [0.3, 0.4) is 0 Å². The SMILES string of the molecule is CC(C)[C@H](NC(=O)Nc1ccc(I)cc1)C(=O)O. The molecule has 0 aliphatic rings. The average molecular weight is 362 g/mol. The largest absolute Gasteiger partial charge is 0.480 e. The quantitative estimate of drug-likeness (QED) is 0.721. The third-order valence-electron chi connectivity index (χ3n) is 2.32. The molecule has 5 nitrogen and oxygen atoms in total. The molecule has 0 radical (unpaired) electrons. The van der Waals surface area contributed by atoms with Gasteiger partial charge in [-0.1, -0.05) is 13.8 Å². The van der Waals surface area contributed by atoms with Crippen LogP contribution in [0, 0.1) is 9.49 Å². The monoisotopic (exact) mass is 362 g/mol. The van der Waals surface area contributed by atoms with Crippen LogP contribution >= 0.6 is 22.6 Å². The lowest BCUT2D eigenvalue weighted by atomic mass is 10.1. The fourth-order valence-electron chi connectivity index (χ4n) is 1.36. The van der Waals surface area contributed by atoms with Gasteiger partial charge >= 0.3 is 12.0 Å². The molecule has 0 aliphatic carbocycles. The Morgan fingerprint density at radius 1 is 1.22 bits per heavy atom. The zero-order valence-corrected chi connectivity index (χ0v) is 12.3. The van der Waals surface area contributed by atoms with Crippen molar-refractivity contribution < 1.29 is 14.7 Å². The summed E-state index contributed by atoms with van der Waals surface area (Å²) in [5.41, 5.74) is 0.626. The summed E-state index contributed by atoms with van der Waals surface area (Å²) >= 11 is 2.16. The minimum atomic E-state index is -1.04. The fourth-order valence-corrected chi connectivity index (χ4v) is 1.71. The van der Waals surface area contributed by atoms with Crippen LogP contribution in [0.4, 0.5) is 10.5 Å². The van der Waals surface area contributed by atoms with Gasteiger partial charge in [-0.15, -0.1) is 0 Å². The van der Waals surface area contributed by atoms with Crippen LogP contribution in [0.2, 0.25) is 0 Å². The molecule has 0 unspecified atom stereocenters. The van der Waals surface area contributed by atoms with E-state index in [1.165, 1.54) is 0 Å². The molecule has 18 heavy (non-hydrogen) atoms. The lowest BCUT2D eigenvalue weighted by Crippen LogP contribution is -2.46. The van der Waals surface area contributed by atoms with Crippen LogP contribution in [0.25, 0.3) is 0 Å². The summed E-state index contributed by atoms with van der Waals surface area (Å²) in [7, 11) is 0. The second kappa shape index (κ2) is 6.58. The summed E-state index contributed by atoms with van der Waals surface area (Å²) in [6, 6.07) is 5.81. The van der Waals surface area contributed by atoms with E-state index < -0.39 is 18.0 Å². The zero-order valence-electron chi connectivity index (χ0n) is 10.1. The van der Waals surface area contributed by atoms with Crippen LogP contribution in [-0.4, -0.2) is 23.1 Å². The molecule has 0 spiro atoms. The highest BCUT2D eigenvalue weighted by atomic mass is 127. The lowest BCUT2D eigenvalue weighted by molar-refractivity contribution is -0.140. The molecule has 0 fully saturated rings. The Morgan fingerprint density at radius 3 is 2.22 bits per heavy atom. The van der Waals surface area contributed by atoms with E-state index in [-0.39, 0.29) is 5.92 Å². The Kier molecular flexibility index (Phi) is 5.39. The normalized spacial score (nSPS) is 12.0. The Morgan fingerprint density at radius 2 is 1.78 bits per heavy atom. The van der Waals surface area contributed by atoms with Gasteiger partial charge < -0.3 is 15.7 Å². The van der Waals surface area contributed by atoms with E-state index in [2.05, 4.69) is 33.2 Å². The number of halogens is 1. The number of anilines is 1. The molecular formula is C12H15IN2O3. The number of carboxylic acids is 1. The number of carbonyl (C=O) groups is 2. The molecule has 0 heterocycles. The molecule has 0 bridgehead atoms. The number of nitrogens with one attached hydrogen (secondary N) is 2. The second-order valence-electron chi connectivity index (χ2n) is 4.17. The van der Waals surface area contributed by atoms with E-state index in [0.29, 0.717) is 5.69 Å². The van der Waals surface area contributed by atoms with Gasteiger partial charge in [-0.05, 0) is 52.8 Å². The van der Waals surface area contributed by atoms with Crippen molar-refractivity contribution in [1.29, 1.82) is 0 Å². The maximum absolute atomic E-state index is 11.6. The van der Waals surface area contributed by atoms with E-state index in [9.17, 15) is 9.59 Å². The summed E-state index contributed by atoms with van der Waals surface area (Å²) in [4.78, 5) is 22.6. The summed E-state index contributed by atoms with van der Waals surface area (Å²) in [6.07, 6.45) is 0. The standard InChI is InChI=1S/C12H15IN2O3/c1-7(2)10(11(16)17)15-12(18)14-9-5-3-8(13)4-6-9/h3-7,10H,1-2H3,(H,16,17)(H2,14,15,18)/t10-/m0/s1. The van der Waals surface area contributed by atoms with Crippen molar-refractivity contribution in [1.82, 2.24) is 5.32 Å².